The van der Waals surface area contributed by atoms with E-state index in [1.54, 1.807) is 7.11 Å². The van der Waals surface area contributed by atoms with Crippen LogP contribution in [0.4, 0.5) is 4.79 Å². The molecule has 7 nitrogen and oxygen atoms in total. The topological polar surface area (TPSA) is 84.0 Å². The highest BCUT2D eigenvalue weighted by Crippen LogP contribution is 2.17. The maximum absolute atomic E-state index is 11.6. The van der Waals surface area contributed by atoms with E-state index in [1.165, 1.54) is 0 Å². The van der Waals surface area contributed by atoms with Gasteiger partial charge in [0.15, 0.2) is 5.96 Å². The monoisotopic (exact) mass is 364 g/mol. The van der Waals surface area contributed by atoms with Gasteiger partial charge in [0.2, 0.25) is 0 Å². The Morgan fingerprint density at radius 1 is 1.12 bits per heavy atom. The van der Waals surface area contributed by atoms with Gasteiger partial charge >= 0.3 is 6.09 Å². The zero-order valence-electron chi connectivity index (χ0n) is 16.5. The van der Waals surface area contributed by atoms with Crippen LogP contribution in [0.3, 0.4) is 0 Å². The summed E-state index contributed by atoms with van der Waals surface area (Å²) in [6, 6.07) is 7.83. The lowest BCUT2D eigenvalue weighted by atomic mass is 10.2. The van der Waals surface area contributed by atoms with Crippen LogP contribution in [0.15, 0.2) is 29.3 Å². The second-order valence-electron chi connectivity index (χ2n) is 6.72. The molecule has 0 saturated heterocycles. The SMILES string of the molecule is CCNC(=NCc1ccccc1OC)NCCCNC(=O)OC(C)(C)C. The summed E-state index contributed by atoms with van der Waals surface area (Å²) in [6.07, 6.45) is 0.368. The number of guanidine groups is 1. The van der Waals surface area contributed by atoms with Crippen LogP contribution >= 0.6 is 0 Å². The van der Waals surface area contributed by atoms with E-state index < -0.39 is 11.7 Å². The molecule has 0 heterocycles. The van der Waals surface area contributed by atoms with Gasteiger partial charge in [-0.3, -0.25) is 0 Å². The van der Waals surface area contributed by atoms with Crippen LogP contribution in [0.5, 0.6) is 5.75 Å². The lowest BCUT2D eigenvalue weighted by Crippen LogP contribution is -2.39. The summed E-state index contributed by atoms with van der Waals surface area (Å²) in [5.74, 6) is 1.56. The minimum absolute atomic E-state index is 0.394. The fraction of sp³-hybridized carbons (Fsp3) is 0.579. The van der Waals surface area contributed by atoms with Gasteiger partial charge < -0.3 is 25.4 Å². The Morgan fingerprint density at radius 3 is 2.46 bits per heavy atom. The van der Waals surface area contributed by atoms with Crippen molar-refractivity contribution >= 4 is 12.1 Å². The van der Waals surface area contributed by atoms with Gasteiger partial charge in [0.1, 0.15) is 11.4 Å². The quantitative estimate of drug-likeness (QED) is 0.375. The Bertz CT molecular complexity index is 582. The van der Waals surface area contributed by atoms with E-state index in [0.717, 1.165) is 30.2 Å². The maximum Gasteiger partial charge on any atom is 0.407 e. The van der Waals surface area contributed by atoms with E-state index in [4.69, 9.17) is 9.47 Å². The van der Waals surface area contributed by atoms with Gasteiger partial charge in [-0.25, -0.2) is 9.79 Å². The third-order valence-electron chi connectivity index (χ3n) is 3.26. The first-order valence-corrected chi connectivity index (χ1v) is 8.96. The predicted molar refractivity (Wildman–Crippen MR) is 105 cm³/mol. The lowest BCUT2D eigenvalue weighted by molar-refractivity contribution is 0.0527. The van der Waals surface area contributed by atoms with Gasteiger partial charge in [-0.2, -0.15) is 0 Å². The molecule has 1 aromatic rings. The van der Waals surface area contributed by atoms with E-state index in [2.05, 4.69) is 20.9 Å². The second kappa shape index (κ2) is 11.2. The first-order valence-electron chi connectivity index (χ1n) is 8.96. The number of aliphatic imine (C=N–C) groups is 1. The fourth-order valence-corrected chi connectivity index (χ4v) is 2.14. The number of amides is 1. The van der Waals surface area contributed by atoms with E-state index in [1.807, 2.05) is 52.0 Å². The number of carbonyl (C=O) groups is 1. The minimum atomic E-state index is -0.480. The minimum Gasteiger partial charge on any atom is -0.496 e. The number of para-hydroxylation sites is 1. The summed E-state index contributed by atoms with van der Waals surface area (Å²) in [5.41, 5.74) is 0.546. The third kappa shape index (κ3) is 9.15. The molecule has 1 aromatic carbocycles. The molecule has 0 fully saturated rings. The van der Waals surface area contributed by atoms with Crippen molar-refractivity contribution in [3.63, 3.8) is 0 Å². The smallest absolute Gasteiger partial charge is 0.407 e. The molecule has 0 aliphatic carbocycles. The highest BCUT2D eigenvalue weighted by Gasteiger charge is 2.15. The van der Waals surface area contributed by atoms with Gasteiger partial charge in [-0.1, -0.05) is 18.2 Å². The average Bonchev–Trinajstić information content (AvgIpc) is 2.58. The van der Waals surface area contributed by atoms with E-state index >= 15 is 0 Å². The molecule has 146 valence electrons. The number of hydrogen-bond acceptors (Lipinski definition) is 4. The van der Waals surface area contributed by atoms with Crippen molar-refractivity contribution in [2.45, 2.75) is 46.3 Å². The summed E-state index contributed by atoms with van der Waals surface area (Å²) < 4.78 is 10.5. The van der Waals surface area contributed by atoms with Gasteiger partial charge in [-0.15, -0.1) is 0 Å². The van der Waals surface area contributed by atoms with Crippen LogP contribution < -0.4 is 20.7 Å². The number of hydrogen-bond donors (Lipinski definition) is 3. The van der Waals surface area contributed by atoms with Gasteiger partial charge in [0.25, 0.3) is 0 Å². The van der Waals surface area contributed by atoms with Crippen molar-refractivity contribution in [1.29, 1.82) is 0 Å². The molecule has 0 aliphatic heterocycles. The molecule has 0 aliphatic rings. The molecule has 0 unspecified atom stereocenters. The Kier molecular flexibility index (Phi) is 9.33. The zero-order chi connectivity index (χ0) is 19.4. The first-order chi connectivity index (χ1) is 12.4. The highest BCUT2D eigenvalue weighted by molar-refractivity contribution is 5.79. The van der Waals surface area contributed by atoms with Gasteiger partial charge in [0, 0.05) is 25.2 Å². The van der Waals surface area contributed by atoms with Gasteiger partial charge in [-0.05, 0) is 40.2 Å². The van der Waals surface area contributed by atoms with Crippen LogP contribution in [0.1, 0.15) is 39.7 Å². The van der Waals surface area contributed by atoms with E-state index in [-0.39, 0.29) is 0 Å². The number of nitrogens with one attached hydrogen (secondary N) is 3. The van der Waals surface area contributed by atoms with Crippen LogP contribution in [0.25, 0.3) is 0 Å². The van der Waals surface area contributed by atoms with E-state index in [9.17, 15) is 4.79 Å². The second-order valence-corrected chi connectivity index (χ2v) is 6.72. The molecular formula is C19H32N4O3. The van der Waals surface area contributed by atoms with Crippen molar-refractivity contribution < 1.29 is 14.3 Å². The molecule has 0 atom stereocenters. The Balaban J connectivity index is 2.40. The predicted octanol–water partition coefficient (Wildman–Crippen LogP) is 2.67. The van der Waals surface area contributed by atoms with Crippen molar-refractivity contribution in [2.75, 3.05) is 26.7 Å². The normalized spacial score (nSPS) is 11.7. The molecule has 0 spiro atoms. The van der Waals surface area contributed by atoms with Crippen molar-refractivity contribution in [3.05, 3.63) is 29.8 Å². The lowest BCUT2D eigenvalue weighted by Gasteiger charge is -2.19. The molecule has 3 N–H and O–H groups in total. The molecule has 26 heavy (non-hydrogen) atoms. The highest BCUT2D eigenvalue weighted by atomic mass is 16.6. The molecule has 0 bridgehead atoms. The van der Waals surface area contributed by atoms with Crippen LogP contribution in [-0.2, 0) is 11.3 Å². The number of ether oxygens (including phenoxy) is 2. The number of methoxy groups -OCH3 is 1. The average molecular weight is 364 g/mol. The maximum atomic E-state index is 11.6. The van der Waals surface area contributed by atoms with Crippen LogP contribution in [-0.4, -0.2) is 44.4 Å². The molecule has 0 radical (unpaired) electrons. The van der Waals surface area contributed by atoms with E-state index in [0.29, 0.717) is 19.6 Å². The Morgan fingerprint density at radius 2 is 1.81 bits per heavy atom. The molecule has 0 saturated carbocycles. The Labute approximate surface area is 156 Å². The van der Waals surface area contributed by atoms with Crippen molar-refractivity contribution in [2.24, 2.45) is 4.99 Å². The Hall–Kier alpha value is -2.44. The number of alkyl carbamates (subject to hydrolysis) is 1. The standard InChI is InChI=1S/C19H32N4O3/c1-6-20-17(23-14-15-10-7-8-11-16(15)25-5)21-12-9-13-22-18(24)26-19(2,3)4/h7-8,10-11H,6,9,12-14H2,1-5H3,(H,22,24)(H2,20,21,23). The zero-order valence-corrected chi connectivity index (χ0v) is 16.5. The van der Waals surface area contributed by atoms with Crippen molar-refractivity contribution in [1.82, 2.24) is 16.0 Å². The summed E-state index contributed by atoms with van der Waals surface area (Å²) in [4.78, 5) is 16.2. The molecule has 7 heteroatoms. The summed E-state index contributed by atoms with van der Waals surface area (Å²) in [7, 11) is 1.66. The van der Waals surface area contributed by atoms with Crippen molar-refractivity contribution in [3.8, 4) is 5.75 Å². The number of rotatable bonds is 8. The van der Waals surface area contributed by atoms with Crippen LogP contribution in [0.2, 0.25) is 0 Å². The fourth-order valence-electron chi connectivity index (χ4n) is 2.14. The van der Waals surface area contributed by atoms with Crippen LogP contribution in [0, 0.1) is 0 Å². The molecular weight excluding hydrogens is 332 g/mol. The molecule has 1 rings (SSSR count). The number of nitrogens with zero attached hydrogens (tertiary/aromatic N) is 1. The number of benzene rings is 1. The third-order valence-corrected chi connectivity index (χ3v) is 3.26. The largest absolute Gasteiger partial charge is 0.496 e. The summed E-state index contributed by atoms with van der Waals surface area (Å²) in [6.45, 7) is 10.1. The molecule has 0 aromatic heterocycles. The van der Waals surface area contributed by atoms with Gasteiger partial charge in [0.05, 0.1) is 13.7 Å². The summed E-state index contributed by atoms with van der Waals surface area (Å²) >= 11 is 0. The summed E-state index contributed by atoms with van der Waals surface area (Å²) in [5, 5.41) is 9.20. The molecule has 1 amide bonds. The first kappa shape index (κ1) is 21.6. The number of carbonyl (C=O) groups excluding carboxylic acids is 1.